The van der Waals surface area contributed by atoms with E-state index in [0.29, 0.717) is 37.8 Å². The maximum atomic E-state index is 12.5. The van der Waals surface area contributed by atoms with Crippen LogP contribution in [0, 0.1) is 17.8 Å². The van der Waals surface area contributed by atoms with Crippen molar-refractivity contribution in [3.63, 3.8) is 0 Å². The summed E-state index contributed by atoms with van der Waals surface area (Å²) in [5.74, 6) is 6.26. The van der Waals surface area contributed by atoms with Gasteiger partial charge < -0.3 is 19.3 Å². The third-order valence-corrected chi connectivity index (χ3v) is 6.58. The van der Waals surface area contributed by atoms with Crippen LogP contribution in [0.1, 0.15) is 51.8 Å². The number of carbonyl (C=O) groups excluding carboxylic acids is 2. The Hall–Kier alpha value is -2.57. The number of ether oxygens (including phenoxy) is 2. The van der Waals surface area contributed by atoms with Gasteiger partial charge in [-0.1, -0.05) is 37.3 Å². The smallest absolute Gasteiger partial charge is 0.410 e. The largest absolute Gasteiger partial charge is 0.447 e. The standard InChI is InChI=1S/C22H25ClN4O4S.C2H6/c1-14(2)30-22(29)27-11-15(9-16(12-27)31-21(28)26-7-3-4-8-26)5-6-17-10-18-19(23)24-13-25-20(18)32-17;1-2/h10,13-16H,3-4,7-9,11-12H2,1-2H3;1-2H3. The van der Waals surface area contributed by atoms with Crippen molar-refractivity contribution < 1.29 is 19.1 Å². The van der Waals surface area contributed by atoms with Crippen molar-refractivity contribution in [1.82, 2.24) is 19.8 Å². The van der Waals surface area contributed by atoms with E-state index in [0.717, 1.165) is 27.9 Å². The van der Waals surface area contributed by atoms with Crippen LogP contribution in [0.2, 0.25) is 5.15 Å². The van der Waals surface area contributed by atoms with E-state index in [9.17, 15) is 9.59 Å². The highest BCUT2D eigenvalue weighted by Crippen LogP contribution is 2.28. The van der Waals surface area contributed by atoms with Crippen LogP contribution in [-0.4, -0.2) is 70.3 Å². The summed E-state index contributed by atoms with van der Waals surface area (Å²) in [5.41, 5.74) is 0. The second-order valence-corrected chi connectivity index (χ2v) is 9.62. The molecule has 2 amide bonds. The number of rotatable bonds is 2. The number of halogens is 1. The number of thiophene rings is 1. The summed E-state index contributed by atoms with van der Waals surface area (Å²) in [5, 5.41) is 1.17. The molecular formula is C24H31ClN4O4S. The number of piperidine rings is 1. The predicted molar refractivity (Wildman–Crippen MR) is 133 cm³/mol. The highest BCUT2D eigenvalue weighted by Gasteiger charge is 2.34. The maximum absolute atomic E-state index is 12.5. The van der Waals surface area contributed by atoms with Crippen molar-refractivity contribution in [2.75, 3.05) is 26.2 Å². The van der Waals surface area contributed by atoms with Crippen molar-refractivity contribution in [1.29, 1.82) is 0 Å². The van der Waals surface area contributed by atoms with Crippen LogP contribution >= 0.6 is 22.9 Å². The lowest BCUT2D eigenvalue weighted by Gasteiger charge is -2.35. The number of likely N-dealkylation sites (tertiary alicyclic amines) is 2. The van der Waals surface area contributed by atoms with E-state index in [4.69, 9.17) is 21.1 Å². The second-order valence-electron chi connectivity index (χ2n) is 8.23. The molecule has 10 heteroatoms. The van der Waals surface area contributed by atoms with Gasteiger partial charge in [0.2, 0.25) is 0 Å². The summed E-state index contributed by atoms with van der Waals surface area (Å²) in [6.45, 7) is 9.76. The van der Waals surface area contributed by atoms with Gasteiger partial charge in [-0.25, -0.2) is 19.6 Å². The average Bonchev–Trinajstić information content (AvgIpc) is 3.49. The lowest BCUT2D eigenvalue weighted by Crippen LogP contribution is -2.49. The van der Waals surface area contributed by atoms with Crippen LogP contribution < -0.4 is 0 Å². The molecule has 8 nitrogen and oxygen atoms in total. The first-order valence-corrected chi connectivity index (χ1v) is 12.9. The Morgan fingerprint density at radius 1 is 1.15 bits per heavy atom. The van der Waals surface area contributed by atoms with Crippen LogP contribution in [0.4, 0.5) is 9.59 Å². The number of nitrogens with zero attached hydrogens (tertiary/aromatic N) is 4. The van der Waals surface area contributed by atoms with E-state index in [-0.39, 0.29) is 18.1 Å². The topological polar surface area (TPSA) is 84.9 Å². The molecule has 2 atom stereocenters. The van der Waals surface area contributed by atoms with E-state index in [1.54, 1.807) is 23.6 Å². The lowest BCUT2D eigenvalue weighted by atomic mass is 9.96. The van der Waals surface area contributed by atoms with Gasteiger partial charge in [-0.05, 0) is 32.8 Å². The minimum Gasteiger partial charge on any atom is -0.447 e. The molecular weight excluding hydrogens is 476 g/mol. The quantitative estimate of drug-likeness (QED) is 0.411. The molecule has 0 saturated carbocycles. The zero-order valence-electron chi connectivity index (χ0n) is 20.0. The van der Waals surface area contributed by atoms with Gasteiger partial charge in [0.15, 0.2) is 0 Å². The highest BCUT2D eigenvalue weighted by molar-refractivity contribution is 7.19. The number of aromatic nitrogens is 2. The average molecular weight is 507 g/mol. The van der Waals surface area contributed by atoms with Gasteiger partial charge in [0, 0.05) is 32.0 Å². The molecule has 0 bridgehead atoms. The summed E-state index contributed by atoms with van der Waals surface area (Å²) >= 11 is 7.57. The number of amides is 2. The Kier molecular flexibility index (Phi) is 9.36. The fourth-order valence-corrected chi connectivity index (χ4v) is 4.95. The van der Waals surface area contributed by atoms with Gasteiger partial charge in [-0.3, -0.25) is 0 Å². The molecule has 2 unspecified atom stereocenters. The van der Waals surface area contributed by atoms with Crippen LogP contribution in [0.5, 0.6) is 0 Å². The molecule has 2 saturated heterocycles. The van der Waals surface area contributed by atoms with Gasteiger partial charge in [0.1, 0.15) is 22.4 Å². The molecule has 0 spiro atoms. The highest BCUT2D eigenvalue weighted by atomic mass is 35.5. The van der Waals surface area contributed by atoms with Crippen molar-refractivity contribution >= 4 is 45.3 Å². The molecule has 0 radical (unpaired) electrons. The van der Waals surface area contributed by atoms with E-state index in [1.807, 2.05) is 19.9 Å². The number of carbonyl (C=O) groups is 2. The third-order valence-electron chi connectivity index (χ3n) is 5.32. The molecule has 2 aliphatic rings. The lowest BCUT2D eigenvalue weighted by molar-refractivity contribution is 0.00547. The number of hydrogen-bond donors (Lipinski definition) is 0. The second kappa shape index (κ2) is 12.2. The summed E-state index contributed by atoms with van der Waals surface area (Å²) in [4.78, 5) is 38.2. The molecule has 0 N–H and O–H groups in total. The first-order valence-electron chi connectivity index (χ1n) is 11.7. The SMILES string of the molecule is CC.CC(C)OC(=O)N1CC(C#Cc2cc3c(Cl)ncnc3s2)CC(OC(=O)N2CCCC2)C1. The normalized spacial score (nSPS) is 19.8. The zero-order chi connectivity index (χ0) is 24.7. The Labute approximate surface area is 209 Å². The Bertz CT molecular complexity index is 1060. The van der Waals surface area contributed by atoms with E-state index in [1.165, 1.54) is 17.7 Å². The minimum atomic E-state index is -0.432. The number of hydrogen-bond acceptors (Lipinski definition) is 7. The number of fused-ring (bicyclic) bond motifs is 1. The molecule has 184 valence electrons. The zero-order valence-corrected chi connectivity index (χ0v) is 21.6. The Morgan fingerprint density at radius 2 is 1.88 bits per heavy atom. The van der Waals surface area contributed by atoms with Gasteiger partial charge in [-0.2, -0.15) is 0 Å². The van der Waals surface area contributed by atoms with Gasteiger partial charge in [0.25, 0.3) is 0 Å². The van der Waals surface area contributed by atoms with Crippen molar-refractivity contribution in [3.05, 3.63) is 22.4 Å². The third kappa shape index (κ3) is 6.73. The molecule has 2 aliphatic heterocycles. The molecule has 0 aromatic carbocycles. The van der Waals surface area contributed by atoms with Crippen LogP contribution in [0.25, 0.3) is 10.2 Å². The van der Waals surface area contributed by atoms with E-state index in [2.05, 4.69) is 21.8 Å². The fourth-order valence-electron chi connectivity index (χ4n) is 3.85. The van der Waals surface area contributed by atoms with Crippen LogP contribution in [-0.2, 0) is 9.47 Å². The molecule has 4 heterocycles. The van der Waals surface area contributed by atoms with E-state index >= 15 is 0 Å². The molecule has 2 fully saturated rings. The van der Waals surface area contributed by atoms with E-state index < -0.39 is 12.2 Å². The molecule has 4 rings (SSSR count). The summed E-state index contributed by atoms with van der Waals surface area (Å²) in [7, 11) is 0. The first kappa shape index (κ1) is 26.0. The Balaban J connectivity index is 0.00000158. The fraction of sp³-hybridized carbons (Fsp3) is 0.583. The maximum Gasteiger partial charge on any atom is 0.410 e. The minimum absolute atomic E-state index is 0.161. The summed E-state index contributed by atoms with van der Waals surface area (Å²) < 4.78 is 11.1. The van der Waals surface area contributed by atoms with Gasteiger partial charge in [-0.15, -0.1) is 11.3 Å². The van der Waals surface area contributed by atoms with Crippen LogP contribution in [0.15, 0.2) is 12.4 Å². The van der Waals surface area contributed by atoms with Gasteiger partial charge >= 0.3 is 12.2 Å². The monoisotopic (exact) mass is 506 g/mol. The molecule has 2 aromatic heterocycles. The predicted octanol–water partition coefficient (Wildman–Crippen LogP) is 5.19. The van der Waals surface area contributed by atoms with Crippen molar-refractivity contribution in [2.45, 2.75) is 59.2 Å². The molecule has 34 heavy (non-hydrogen) atoms. The van der Waals surface area contributed by atoms with Gasteiger partial charge in [0.05, 0.1) is 22.9 Å². The van der Waals surface area contributed by atoms with Crippen molar-refractivity contribution in [2.24, 2.45) is 5.92 Å². The molecule has 2 aromatic rings. The van der Waals surface area contributed by atoms with Crippen LogP contribution in [0.3, 0.4) is 0 Å². The first-order chi connectivity index (χ1) is 16.4. The summed E-state index contributed by atoms with van der Waals surface area (Å²) in [6.07, 6.45) is 2.56. The molecule has 0 aliphatic carbocycles. The van der Waals surface area contributed by atoms with Crippen molar-refractivity contribution in [3.8, 4) is 11.8 Å². The summed E-state index contributed by atoms with van der Waals surface area (Å²) in [6, 6.07) is 1.87. The Morgan fingerprint density at radius 3 is 2.56 bits per heavy atom.